The molecule has 8 rings (SSSR count). The first-order valence-electron chi connectivity index (χ1n) is 18.0. The summed E-state index contributed by atoms with van der Waals surface area (Å²) >= 11 is 0. The lowest BCUT2D eigenvalue weighted by atomic mass is 9.52. The zero-order valence-corrected chi connectivity index (χ0v) is 22.0. The lowest BCUT2D eigenvalue weighted by Crippen LogP contribution is -2.64. The van der Waals surface area contributed by atoms with Crippen LogP contribution in [0.25, 0.3) is 10.9 Å². The summed E-state index contributed by atoms with van der Waals surface area (Å²) in [5, 5.41) is 2.28. The van der Waals surface area contributed by atoms with Crippen molar-refractivity contribution in [2.24, 2.45) is 17.8 Å². The van der Waals surface area contributed by atoms with Crippen molar-refractivity contribution < 1.29 is 25.3 Å². The minimum absolute atomic E-state index is 0.0334. The van der Waals surface area contributed by atoms with Gasteiger partial charge in [0.1, 0.15) is 29.6 Å². The second-order valence-corrected chi connectivity index (χ2v) is 11.9. The van der Waals surface area contributed by atoms with E-state index in [2.05, 4.69) is 10.3 Å². The summed E-state index contributed by atoms with van der Waals surface area (Å²) in [6.45, 7) is -11.0. The Kier molecular flexibility index (Phi) is 4.43. The molecule has 0 spiro atoms. The third-order valence-corrected chi connectivity index (χ3v) is 9.24. The van der Waals surface area contributed by atoms with Gasteiger partial charge in [-0.25, -0.2) is 4.98 Å². The molecule has 9 nitrogen and oxygen atoms in total. The number of fused-ring (bicyclic) bond motifs is 1. The number of rotatable bonds is 6. The van der Waals surface area contributed by atoms with Crippen LogP contribution in [0.1, 0.15) is 74.2 Å². The van der Waals surface area contributed by atoms with Crippen molar-refractivity contribution in [3.63, 3.8) is 0 Å². The fraction of sp³-hybridized carbons (Fsp3) is 0.667. The number of hydrogen-bond acceptors (Lipinski definition) is 7. The topological polar surface area (TPSA) is 96.8 Å². The van der Waals surface area contributed by atoms with Crippen LogP contribution >= 0.6 is 0 Å². The van der Waals surface area contributed by atoms with Crippen LogP contribution in [0.15, 0.2) is 23.0 Å². The molecule has 4 aliphatic carbocycles. The van der Waals surface area contributed by atoms with Gasteiger partial charge < -0.3 is 4.74 Å². The smallest absolute Gasteiger partial charge is 0.265 e. The molecule has 4 saturated carbocycles. The lowest BCUT2D eigenvalue weighted by Gasteiger charge is -2.61. The van der Waals surface area contributed by atoms with Gasteiger partial charge in [-0.1, -0.05) is 6.07 Å². The van der Waals surface area contributed by atoms with E-state index in [1.807, 2.05) is 0 Å². The summed E-state index contributed by atoms with van der Waals surface area (Å²) in [5.74, 6) is 0.157. The maximum Gasteiger partial charge on any atom is 0.265 e. The molecule has 2 saturated heterocycles. The molecule has 3 heterocycles. The Balaban J connectivity index is 1.18. The predicted octanol–water partition coefficient (Wildman–Crippen LogP) is 2.65. The molecular formula is C30H39N5O4. The Bertz CT molecular complexity index is 1650. The van der Waals surface area contributed by atoms with Crippen molar-refractivity contribution in [2.45, 2.75) is 69.9 Å². The number of carbonyl (C=O) groups excluding carboxylic acids is 2. The fourth-order valence-electron chi connectivity index (χ4n) is 7.95. The van der Waals surface area contributed by atoms with Crippen molar-refractivity contribution in [3.05, 3.63) is 34.4 Å². The van der Waals surface area contributed by atoms with Crippen molar-refractivity contribution >= 4 is 22.7 Å². The van der Waals surface area contributed by atoms with Gasteiger partial charge in [-0.05, 0) is 81.8 Å². The zero-order valence-electron chi connectivity index (χ0n) is 30.0. The summed E-state index contributed by atoms with van der Waals surface area (Å²) in [6, 6.07) is 3.72. The molecule has 1 aromatic carbocycles. The van der Waals surface area contributed by atoms with E-state index in [1.54, 1.807) is 19.1 Å². The Hall–Kier alpha value is -2.78. The first-order valence-corrected chi connectivity index (χ1v) is 14.0. The van der Waals surface area contributed by atoms with Gasteiger partial charge in [0.05, 0.1) is 5.52 Å². The monoisotopic (exact) mass is 541 g/mol. The molecule has 1 atom stereocenters. The number of imide groups is 1. The number of aryl methyl sites for hydroxylation is 1. The van der Waals surface area contributed by atoms with Crippen LogP contribution in [0.3, 0.4) is 0 Å². The summed E-state index contributed by atoms with van der Waals surface area (Å²) in [4.78, 5) is 44.1. The van der Waals surface area contributed by atoms with E-state index < -0.39 is 68.1 Å². The van der Waals surface area contributed by atoms with Crippen LogP contribution in [0.4, 0.5) is 0 Å². The Labute approximate surface area is 240 Å². The number of ether oxygens (including phenoxy) is 1. The van der Waals surface area contributed by atoms with E-state index in [0.29, 0.717) is 41.9 Å². The molecule has 1 unspecified atom stereocenters. The number of amides is 2. The van der Waals surface area contributed by atoms with Gasteiger partial charge in [0, 0.05) is 55.5 Å². The predicted molar refractivity (Wildman–Crippen MR) is 147 cm³/mol. The number of nitrogens with zero attached hydrogens (tertiary/aromatic N) is 4. The Morgan fingerprint density at radius 1 is 1.05 bits per heavy atom. The molecule has 6 aliphatic rings. The van der Waals surface area contributed by atoms with Gasteiger partial charge in [-0.15, -0.1) is 0 Å². The highest BCUT2D eigenvalue weighted by molar-refractivity contribution is 5.99. The molecule has 6 fully saturated rings. The van der Waals surface area contributed by atoms with Crippen LogP contribution in [0.5, 0.6) is 5.75 Å². The highest BCUT2D eigenvalue weighted by Gasteiger charge is 2.53. The quantitative estimate of drug-likeness (QED) is 0.562. The van der Waals surface area contributed by atoms with Gasteiger partial charge in [-0.2, -0.15) is 0 Å². The summed E-state index contributed by atoms with van der Waals surface area (Å²) in [7, 11) is 0. The maximum absolute atomic E-state index is 13.8. The third-order valence-electron chi connectivity index (χ3n) is 9.24. The molecule has 2 amide bonds. The highest BCUT2D eigenvalue weighted by Crippen LogP contribution is 2.57. The van der Waals surface area contributed by atoms with E-state index >= 15 is 0 Å². The lowest BCUT2D eigenvalue weighted by molar-refractivity contribution is -0.135. The van der Waals surface area contributed by atoms with E-state index in [0.717, 1.165) is 24.2 Å². The number of benzene rings is 1. The SMILES string of the molecule is [2H]C1([2H])N(CCOc2cccc3nc(C)n(C4CCC(=O)NC4=O)c(=O)c23)C([2H])([2H])C([2H])([2H])N(C23CC4CC(CC(C4)C2)C3)C1([2H])[2H]. The highest BCUT2D eigenvalue weighted by atomic mass is 16.5. The second-order valence-electron chi connectivity index (χ2n) is 11.9. The van der Waals surface area contributed by atoms with E-state index in [1.165, 1.54) is 10.6 Å². The van der Waals surface area contributed by atoms with Gasteiger partial charge in [0.25, 0.3) is 5.56 Å². The standard InChI is InChI=1S/C30H39N5O4/c1-19-31-23-3-2-4-25(27(23)29(38)35(19)24-5-6-26(36)32-28(24)37)39-12-11-33-7-9-34(10-8-33)30-16-20-13-21(17-30)15-22(14-20)18-30/h2-4,20-22,24H,5-18H2,1H3,(H,32,36,37)/i7D2,8D2,9D2,10D2. The first-order chi connectivity index (χ1) is 21.9. The zero-order chi connectivity index (χ0) is 33.9. The van der Waals surface area contributed by atoms with Gasteiger partial charge >= 0.3 is 0 Å². The maximum atomic E-state index is 13.8. The molecule has 2 aromatic rings. The van der Waals surface area contributed by atoms with Crippen molar-refractivity contribution in [1.82, 2.24) is 24.7 Å². The number of hydrogen-bond donors (Lipinski definition) is 1. The average molecular weight is 542 g/mol. The van der Waals surface area contributed by atoms with Crippen LogP contribution in [0.2, 0.25) is 0 Å². The van der Waals surface area contributed by atoms with Gasteiger partial charge in [-0.3, -0.25) is 34.1 Å². The molecule has 0 radical (unpaired) electrons. The summed E-state index contributed by atoms with van der Waals surface area (Å²) in [6.07, 6.45) is 4.76. The Morgan fingerprint density at radius 2 is 1.74 bits per heavy atom. The number of carbonyl (C=O) groups is 2. The van der Waals surface area contributed by atoms with Crippen molar-refractivity contribution in [1.29, 1.82) is 0 Å². The second kappa shape index (κ2) is 9.70. The molecule has 2 aliphatic heterocycles. The van der Waals surface area contributed by atoms with Crippen LogP contribution < -0.4 is 15.6 Å². The molecular weight excluding hydrogens is 494 g/mol. The van der Waals surface area contributed by atoms with Gasteiger partial charge in [0.2, 0.25) is 11.8 Å². The van der Waals surface area contributed by atoms with Crippen LogP contribution in [0, 0.1) is 24.7 Å². The molecule has 39 heavy (non-hydrogen) atoms. The fourth-order valence-corrected chi connectivity index (χ4v) is 7.95. The third kappa shape index (κ3) is 4.47. The first kappa shape index (κ1) is 17.8. The van der Waals surface area contributed by atoms with Crippen molar-refractivity contribution in [2.75, 3.05) is 39.1 Å². The van der Waals surface area contributed by atoms with E-state index in [4.69, 9.17) is 15.7 Å². The van der Waals surface area contributed by atoms with Crippen molar-refractivity contribution in [3.8, 4) is 5.75 Å². The number of piperazine rings is 1. The molecule has 9 heteroatoms. The average Bonchev–Trinajstić information content (AvgIpc) is 2.94. The molecule has 1 N–H and O–H groups in total. The van der Waals surface area contributed by atoms with Crippen LogP contribution in [-0.4, -0.2) is 75.8 Å². The molecule has 208 valence electrons. The Morgan fingerprint density at radius 3 is 2.41 bits per heavy atom. The van der Waals surface area contributed by atoms with E-state index in [9.17, 15) is 14.4 Å². The van der Waals surface area contributed by atoms with Crippen LogP contribution in [-0.2, 0) is 9.59 Å². The van der Waals surface area contributed by atoms with E-state index in [-0.39, 0.29) is 35.3 Å². The minimum Gasteiger partial charge on any atom is -0.491 e. The normalized spacial score (nSPS) is 41.3. The minimum atomic E-state index is -2.95. The number of aromatic nitrogens is 2. The summed E-state index contributed by atoms with van der Waals surface area (Å²) in [5.41, 5.74) is -1.28. The number of piperidine rings is 1. The molecule has 1 aromatic heterocycles. The number of nitrogens with one attached hydrogen (secondary N) is 1. The van der Waals surface area contributed by atoms with Gasteiger partial charge in [0.15, 0.2) is 0 Å². The largest absolute Gasteiger partial charge is 0.491 e. The molecule has 4 bridgehead atoms. The summed E-state index contributed by atoms with van der Waals surface area (Å²) < 4.78 is 79.6.